The molecule has 0 aromatic heterocycles. The van der Waals surface area contributed by atoms with E-state index in [9.17, 15) is 9.59 Å². The molecule has 0 aliphatic rings. The van der Waals surface area contributed by atoms with Crippen LogP contribution in [0.25, 0.3) is 0 Å². The Hall–Kier alpha value is -1.79. The smallest absolute Gasteiger partial charge is 0.239 e. The van der Waals surface area contributed by atoms with Crippen molar-refractivity contribution in [3.05, 3.63) is 0 Å². The molecule has 204 valence electrons. The fourth-order valence-corrected chi connectivity index (χ4v) is 2.70. The van der Waals surface area contributed by atoms with Crippen LogP contribution in [0.4, 0.5) is 0 Å². The lowest BCUT2D eigenvalue weighted by molar-refractivity contribution is -0.135. The summed E-state index contributed by atoms with van der Waals surface area (Å²) in [6.07, 6.45) is 9.89. The average Bonchev–Trinajstić information content (AvgIpc) is 2.82. The van der Waals surface area contributed by atoms with Crippen LogP contribution in [0.15, 0.2) is 0 Å². The van der Waals surface area contributed by atoms with Gasteiger partial charge in [0.05, 0.1) is 19.7 Å². The first kappa shape index (κ1) is 36.8. The van der Waals surface area contributed by atoms with Gasteiger partial charge in [0, 0.05) is 20.2 Å². The summed E-state index contributed by atoms with van der Waals surface area (Å²) in [5.74, 6) is -0.213. The lowest BCUT2D eigenvalue weighted by Crippen LogP contribution is -2.45. The van der Waals surface area contributed by atoms with Gasteiger partial charge in [0.1, 0.15) is 0 Å². The molecule has 0 saturated heterocycles. The maximum atomic E-state index is 12.4. The van der Waals surface area contributed by atoms with Crippen molar-refractivity contribution in [1.82, 2.24) is 15.5 Å². The lowest BCUT2D eigenvalue weighted by Gasteiger charge is -2.22. The van der Waals surface area contributed by atoms with Gasteiger partial charge in [-0.05, 0) is 58.3 Å². The Morgan fingerprint density at radius 1 is 0.882 bits per heavy atom. The Morgan fingerprint density at radius 2 is 1.44 bits per heavy atom. The van der Waals surface area contributed by atoms with Gasteiger partial charge in [-0.2, -0.15) is 0 Å². The molecule has 0 aliphatic carbocycles. The van der Waals surface area contributed by atoms with E-state index < -0.39 is 0 Å². The largest absolute Gasteiger partial charge is 0.383 e. The highest BCUT2D eigenvalue weighted by atomic mass is 16.5. The first-order chi connectivity index (χ1) is 16.5. The van der Waals surface area contributed by atoms with Gasteiger partial charge >= 0.3 is 0 Å². The van der Waals surface area contributed by atoms with Crippen molar-refractivity contribution < 1.29 is 19.1 Å². The number of hydrogen-bond donors (Lipinski definition) is 6. The summed E-state index contributed by atoms with van der Waals surface area (Å²) in [5.41, 5.74) is 20.3. The van der Waals surface area contributed by atoms with Crippen LogP contribution in [0.5, 0.6) is 0 Å². The molecule has 0 spiro atoms. The van der Waals surface area contributed by atoms with Crippen LogP contribution in [-0.4, -0.2) is 89.2 Å². The normalized spacial score (nSPS) is 9.79. The number of amides is 3. The van der Waals surface area contributed by atoms with Gasteiger partial charge in [0.25, 0.3) is 0 Å². The van der Waals surface area contributed by atoms with Gasteiger partial charge < -0.3 is 43.2 Å². The monoisotopic (exact) mass is 491 g/mol. The number of methoxy groups -OCH3 is 1. The maximum absolute atomic E-state index is 12.4. The Balaban J connectivity index is -0.00000103. The van der Waals surface area contributed by atoms with Gasteiger partial charge in [-0.1, -0.05) is 32.6 Å². The van der Waals surface area contributed by atoms with Crippen molar-refractivity contribution >= 4 is 18.2 Å². The lowest BCUT2D eigenvalue weighted by atomic mass is 10.1. The minimum absolute atomic E-state index is 0.0490. The summed E-state index contributed by atoms with van der Waals surface area (Å²) in [4.78, 5) is 34.5. The zero-order valence-electron chi connectivity index (χ0n) is 21.7. The SMILES string of the molecule is CCCCN.COCCNC(=O)CN(CCCCN)C(=O)CNCCCCCCCN.NC=O. The molecule has 0 fully saturated rings. The van der Waals surface area contributed by atoms with Gasteiger partial charge in [-0.15, -0.1) is 0 Å². The molecule has 0 heterocycles. The third-order valence-electron chi connectivity index (χ3n) is 4.59. The van der Waals surface area contributed by atoms with E-state index in [1.165, 1.54) is 25.7 Å². The highest BCUT2D eigenvalue weighted by molar-refractivity contribution is 5.85. The van der Waals surface area contributed by atoms with Crippen molar-refractivity contribution in [2.75, 3.05) is 66.1 Å². The summed E-state index contributed by atoms with van der Waals surface area (Å²) >= 11 is 0. The van der Waals surface area contributed by atoms with Crippen LogP contribution in [0.1, 0.15) is 64.7 Å². The fraction of sp³-hybridized carbons (Fsp3) is 0.870. The number of nitrogens with one attached hydrogen (secondary N) is 2. The highest BCUT2D eigenvalue weighted by Crippen LogP contribution is 2.01. The van der Waals surface area contributed by atoms with Crippen molar-refractivity contribution in [3.63, 3.8) is 0 Å². The summed E-state index contributed by atoms with van der Waals surface area (Å²) in [6, 6.07) is 0. The quantitative estimate of drug-likeness (QED) is 0.0983. The second kappa shape index (κ2) is 33.4. The van der Waals surface area contributed by atoms with E-state index >= 15 is 0 Å². The third kappa shape index (κ3) is 32.4. The Labute approximate surface area is 207 Å². The molecule has 11 nitrogen and oxygen atoms in total. The zero-order chi connectivity index (χ0) is 26.3. The molecule has 3 amide bonds. The van der Waals surface area contributed by atoms with Crippen LogP contribution in [0, 0.1) is 0 Å². The molecular formula is C23H53N7O4. The topological polar surface area (TPSA) is 192 Å². The minimum atomic E-state index is -0.164. The molecule has 0 aromatic carbocycles. The molecule has 10 N–H and O–H groups in total. The van der Waals surface area contributed by atoms with Gasteiger partial charge in [-0.3, -0.25) is 14.4 Å². The van der Waals surface area contributed by atoms with Crippen LogP contribution in [0.3, 0.4) is 0 Å². The maximum Gasteiger partial charge on any atom is 0.239 e. The summed E-state index contributed by atoms with van der Waals surface area (Å²) in [6.45, 7) is 6.92. The molecule has 11 heteroatoms. The summed E-state index contributed by atoms with van der Waals surface area (Å²) < 4.78 is 4.91. The fourth-order valence-electron chi connectivity index (χ4n) is 2.70. The number of ether oxygens (including phenoxy) is 1. The predicted octanol–water partition coefficient (Wildman–Crippen LogP) is -0.338. The Morgan fingerprint density at radius 3 is 1.97 bits per heavy atom. The molecule has 0 unspecified atom stereocenters. The number of carbonyl (C=O) groups excluding carboxylic acids is 3. The number of primary amides is 1. The predicted molar refractivity (Wildman–Crippen MR) is 139 cm³/mol. The van der Waals surface area contributed by atoms with E-state index in [2.05, 4.69) is 23.3 Å². The molecule has 0 rings (SSSR count). The molecule has 0 radical (unpaired) electrons. The first-order valence-electron chi connectivity index (χ1n) is 12.5. The minimum Gasteiger partial charge on any atom is -0.383 e. The van der Waals surface area contributed by atoms with E-state index in [1.54, 1.807) is 12.0 Å². The first-order valence-corrected chi connectivity index (χ1v) is 12.5. The van der Waals surface area contributed by atoms with Gasteiger partial charge in [-0.25, -0.2) is 0 Å². The summed E-state index contributed by atoms with van der Waals surface area (Å²) in [5, 5.41) is 5.93. The standard InChI is InChI=1S/C18H39N5O3.C4H11N.CH3NO/c1-26-14-12-22-17(24)16-23(13-8-6-10-20)18(25)15-21-11-7-4-2-3-5-9-19;1-2-3-4-5;2-1-3/h21H,2-16,19-20H2,1H3,(H,22,24);2-5H2,1H3;1H,(H2,2,3). The molecule has 0 aliphatic heterocycles. The molecular weight excluding hydrogens is 438 g/mol. The van der Waals surface area contributed by atoms with Crippen molar-refractivity contribution in [3.8, 4) is 0 Å². The second-order valence-electron chi connectivity index (χ2n) is 7.67. The van der Waals surface area contributed by atoms with Crippen LogP contribution in [-0.2, 0) is 19.1 Å². The molecule has 0 bridgehead atoms. The van der Waals surface area contributed by atoms with Crippen LogP contribution < -0.4 is 33.6 Å². The number of unbranched alkanes of at least 4 members (excludes halogenated alkanes) is 6. The second-order valence-corrected chi connectivity index (χ2v) is 7.67. The molecule has 0 saturated carbocycles. The summed E-state index contributed by atoms with van der Waals surface area (Å²) in [7, 11) is 1.58. The highest BCUT2D eigenvalue weighted by Gasteiger charge is 2.16. The molecule has 0 aromatic rings. The number of hydrogen-bond acceptors (Lipinski definition) is 8. The molecule has 34 heavy (non-hydrogen) atoms. The number of rotatable bonds is 20. The van der Waals surface area contributed by atoms with E-state index in [0.717, 1.165) is 51.7 Å². The zero-order valence-corrected chi connectivity index (χ0v) is 21.7. The van der Waals surface area contributed by atoms with E-state index in [0.29, 0.717) is 26.2 Å². The number of nitrogens with zero attached hydrogens (tertiary/aromatic N) is 1. The van der Waals surface area contributed by atoms with Gasteiger partial charge in [0.2, 0.25) is 18.2 Å². The van der Waals surface area contributed by atoms with Crippen molar-refractivity contribution in [2.45, 2.75) is 64.7 Å². The van der Waals surface area contributed by atoms with Crippen molar-refractivity contribution in [2.24, 2.45) is 22.9 Å². The van der Waals surface area contributed by atoms with Gasteiger partial charge in [0.15, 0.2) is 0 Å². The Kier molecular flexibility index (Phi) is 36.1. The van der Waals surface area contributed by atoms with Crippen molar-refractivity contribution in [1.29, 1.82) is 0 Å². The van der Waals surface area contributed by atoms with E-state index in [1.807, 2.05) is 0 Å². The Bertz CT molecular complexity index is 442. The molecule has 0 atom stereocenters. The van der Waals surface area contributed by atoms with E-state index in [4.69, 9.17) is 26.7 Å². The number of nitrogens with two attached hydrogens (primary N) is 4. The number of carbonyl (C=O) groups is 3. The average molecular weight is 492 g/mol. The van der Waals surface area contributed by atoms with Crippen LogP contribution in [0.2, 0.25) is 0 Å². The van der Waals surface area contributed by atoms with Crippen LogP contribution >= 0.6 is 0 Å². The third-order valence-corrected chi connectivity index (χ3v) is 4.59. The van der Waals surface area contributed by atoms with E-state index in [-0.39, 0.29) is 31.3 Å².